The molecule has 1 atom stereocenters. The Hall–Kier alpha value is -3.40. The van der Waals surface area contributed by atoms with Crippen molar-refractivity contribution in [2.75, 3.05) is 5.01 Å². The van der Waals surface area contributed by atoms with Gasteiger partial charge in [-0.05, 0) is 29.8 Å². The Morgan fingerprint density at radius 3 is 2.27 bits per heavy atom. The van der Waals surface area contributed by atoms with Crippen LogP contribution >= 0.6 is 0 Å². The number of para-hydroxylation sites is 3. The molecule has 126 valence electrons. The Balaban J connectivity index is 1.59. The number of aromatic amines is 1. The zero-order valence-electron chi connectivity index (χ0n) is 14.2. The molecule has 26 heavy (non-hydrogen) atoms. The standard InChI is InChI=1S/C22H18N4/c1-3-9-16(10-4-1)20-15-21(26(25-20)17-11-5-2-6-12-17)22-23-18-13-7-8-14-19(18)24-22/h1-14,21H,15H2,(H,23,24)/t21-/m0/s1. The molecule has 0 aliphatic carbocycles. The number of hydrogen-bond donors (Lipinski definition) is 1. The maximum absolute atomic E-state index is 4.95. The van der Waals surface area contributed by atoms with E-state index in [9.17, 15) is 0 Å². The molecule has 0 bridgehead atoms. The van der Waals surface area contributed by atoms with Gasteiger partial charge < -0.3 is 4.98 Å². The highest BCUT2D eigenvalue weighted by atomic mass is 15.5. The van der Waals surface area contributed by atoms with Crippen molar-refractivity contribution < 1.29 is 0 Å². The summed E-state index contributed by atoms with van der Waals surface area (Å²) in [6.45, 7) is 0. The summed E-state index contributed by atoms with van der Waals surface area (Å²) >= 11 is 0. The number of nitrogens with one attached hydrogen (secondary N) is 1. The van der Waals surface area contributed by atoms with Crippen LogP contribution in [0.15, 0.2) is 90.0 Å². The fraction of sp³-hybridized carbons (Fsp3) is 0.0909. The molecule has 5 rings (SSSR count). The van der Waals surface area contributed by atoms with E-state index >= 15 is 0 Å². The number of benzene rings is 3. The van der Waals surface area contributed by atoms with E-state index in [1.54, 1.807) is 0 Å². The maximum atomic E-state index is 4.95. The molecule has 1 aliphatic heterocycles. The number of fused-ring (bicyclic) bond motifs is 1. The molecule has 1 aromatic heterocycles. The number of rotatable bonds is 3. The molecule has 0 amide bonds. The third kappa shape index (κ3) is 2.56. The summed E-state index contributed by atoms with van der Waals surface area (Å²) in [5.41, 5.74) is 5.36. The predicted molar refractivity (Wildman–Crippen MR) is 105 cm³/mol. The van der Waals surface area contributed by atoms with Crippen molar-refractivity contribution in [3.8, 4) is 0 Å². The van der Waals surface area contributed by atoms with E-state index in [1.165, 1.54) is 0 Å². The van der Waals surface area contributed by atoms with Crippen LogP contribution in [-0.4, -0.2) is 15.7 Å². The highest BCUT2D eigenvalue weighted by Gasteiger charge is 2.32. The third-order valence-electron chi connectivity index (χ3n) is 4.76. The fourth-order valence-electron chi connectivity index (χ4n) is 3.48. The Kier molecular flexibility index (Phi) is 3.53. The van der Waals surface area contributed by atoms with E-state index in [1.807, 2.05) is 42.5 Å². The van der Waals surface area contributed by atoms with Crippen LogP contribution in [0.5, 0.6) is 0 Å². The van der Waals surface area contributed by atoms with Gasteiger partial charge in [0.05, 0.1) is 22.4 Å². The van der Waals surface area contributed by atoms with Crippen LogP contribution in [0, 0.1) is 0 Å². The molecule has 0 saturated carbocycles. The molecular weight excluding hydrogens is 320 g/mol. The average Bonchev–Trinajstić information content (AvgIpc) is 3.33. The van der Waals surface area contributed by atoms with Crippen molar-refractivity contribution in [1.29, 1.82) is 0 Å². The van der Waals surface area contributed by atoms with E-state index in [-0.39, 0.29) is 6.04 Å². The van der Waals surface area contributed by atoms with Gasteiger partial charge in [-0.1, -0.05) is 60.7 Å². The normalized spacial score (nSPS) is 16.8. The molecular formula is C22H18N4. The van der Waals surface area contributed by atoms with E-state index in [0.29, 0.717) is 0 Å². The predicted octanol–water partition coefficient (Wildman–Crippen LogP) is 4.92. The van der Waals surface area contributed by atoms with Crippen molar-refractivity contribution >= 4 is 22.4 Å². The minimum atomic E-state index is 0.0556. The molecule has 2 heterocycles. The first-order valence-corrected chi connectivity index (χ1v) is 8.80. The van der Waals surface area contributed by atoms with Crippen LogP contribution in [0.4, 0.5) is 5.69 Å². The van der Waals surface area contributed by atoms with E-state index in [2.05, 4.69) is 52.5 Å². The van der Waals surface area contributed by atoms with Gasteiger partial charge in [0.25, 0.3) is 0 Å². The summed E-state index contributed by atoms with van der Waals surface area (Å²) in [6.07, 6.45) is 0.818. The molecule has 0 fully saturated rings. The van der Waals surface area contributed by atoms with Crippen LogP contribution in [0.25, 0.3) is 11.0 Å². The summed E-state index contributed by atoms with van der Waals surface area (Å²) in [4.78, 5) is 8.31. The van der Waals surface area contributed by atoms with Crippen molar-refractivity contribution in [2.24, 2.45) is 5.10 Å². The summed E-state index contributed by atoms with van der Waals surface area (Å²) in [6, 6.07) is 28.9. The molecule has 0 spiro atoms. The lowest BCUT2D eigenvalue weighted by Crippen LogP contribution is -2.19. The number of anilines is 1. The SMILES string of the molecule is c1ccc(C2=NN(c3ccccc3)[C@H](c3nc4ccccc4[nH]3)C2)cc1. The first-order valence-electron chi connectivity index (χ1n) is 8.80. The van der Waals surface area contributed by atoms with Gasteiger partial charge in [0.15, 0.2) is 0 Å². The largest absolute Gasteiger partial charge is 0.340 e. The monoisotopic (exact) mass is 338 g/mol. The Morgan fingerprint density at radius 1 is 0.808 bits per heavy atom. The Bertz CT molecular complexity index is 1030. The highest BCUT2D eigenvalue weighted by Crippen LogP contribution is 2.36. The van der Waals surface area contributed by atoms with Gasteiger partial charge in [-0.25, -0.2) is 4.98 Å². The zero-order chi connectivity index (χ0) is 17.3. The quantitative estimate of drug-likeness (QED) is 0.576. The molecule has 0 saturated heterocycles. The van der Waals surface area contributed by atoms with Gasteiger partial charge in [-0.2, -0.15) is 5.10 Å². The van der Waals surface area contributed by atoms with Crippen LogP contribution in [0.2, 0.25) is 0 Å². The van der Waals surface area contributed by atoms with Gasteiger partial charge in [0, 0.05) is 6.42 Å². The molecule has 0 unspecified atom stereocenters. The Labute approximate surface area is 151 Å². The number of H-pyrrole nitrogens is 1. The summed E-state index contributed by atoms with van der Waals surface area (Å²) in [5.74, 6) is 0.949. The molecule has 0 radical (unpaired) electrons. The molecule has 3 aromatic carbocycles. The van der Waals surface area contributed by atoms with Crippen LogP contribution in [0.1, 0.15) is 23.9 Å². The van der Waals surface area contributed by atoms with Crippen molar-refractivity contribution in [2.45, 2.75) is 12.5 Å². The van der Waals surface area contributed by atoms with Crippen LogP contribution in [-0.2, 0) is 0 Å². The van der Waals surface area contributed by atoms with Gasteiger partial charge in [0.2, 0.25) is 0 Å². The highest BCUT2D eigenvalue weighted by molar-refractivity contribution is 6.03. The first kappa shape index (κ1) is 14.9. The zero-order valence-corrected chi connectivity index (χ0v) is 14.2. The molecule has 1 aliphatic rings. The van der Waals surface area contributed by atoms with Crippen molar-refractivity contribution in [3.05, 3.63) is 96.3 Å². The lowest BCUT2D eigenvalue weighted by atomic mass is 10.0. The molecule has 4 nitrogen and oxygen atoms in total. The number of imidazole rings is 1. The number of aromatic nitrogens is 2. The summed E-state index contributed by atoms with van der Waals surface area (Å²) < 4.78 is 0. The number of hydrazone groups is 1. The second kappa shape index (κ2) is 6.15. The van der Waals surface area contributed by atoms with Crippen molar-refractivity contribution in [3.63, 3.8) is 0 Å². The lowest BCUT2D eigenvalue weighted by molar-refractivity contribution is 0.671. The van der Waals surface area contributed by atoms with E-state index in [4.69, 9.17) is 10.1 Å². The summed E-state index contributed by atoms with van der Waals surface area (Å²) in [5, 5.41) is 7.03. The molecule has 4 aromatic rings. The van der Waals surface area contributed by atoms with Gasteiger partial charge in [-0.15, -0.1) is 0 Å². The fourth-order valence-corrected chi connectivity index (χ4v) is 3.48. The second-order valence-corrected chi connectivity index (χ2v) is 6.45. The topological polar surface area (TPSA) is 44.3 Å². The van der Waals surface area contributed by atoms with Crippen LogP contribution < -0.4 is 5.01 Å². The van der Waals surface area contributed by atoms with E-state index in [0.717, 1.165) is 40.2 Å². The number of nitrogens with zero attached hydrogens (tertiary/aromatic N) is 3. The second-order valence-electron chi connectivity index (χ2n) is 6.45. The summed E-state index contributed by atoms with van der Waals surface area (Å²) in [7, 11) is 0. The first-order chi connectivity index (χ1) is 12.9. The van der Waals surface area contributed by atoms with E-state index < -0.39 is 0 Å². The lowest BCUT2D eigenvalue weighted by Gasteiger charge is -2.21. The van der Waals surface area contributed by atoms with Crippen LogP contribution in [0.3, 0.4) is 0 Å². The number of hydrogen-bond acceptors (Lipinski definition) is 3. The smallest absolute Gasteiger partial charge is 0.132 e. The maximum Gasteiger partial charge on any atom is 0.132 e. The van der Waals surface area contributed by atoms with Crippen molar-refractivity contribution in [1.82, 2.24) is 9.97 Å². The molecule has 4 heteroatoms. The molecule has 1 N–H and O–H groups in total. The van der Waals surface area contributed by atoms with Gasteiger partial charge in [0.1, 0.15) is 11.9 Å². The van der Waals surface area contributed by atoms with Gasteiger partial charge >= 0.3 is 0 Å². The third-order valence-corrected chi connectivity index (χ3v) is 4.76. The Morgan fingerprint density at radius 2 is 1.50 bits per heavy atom. The van der Waals surface area contributed by atoms with Gasteiger partial charge in [-0.3, -0.25) is 5.01 Å². The average molecular weight is 338 g/mol. The minimum Gasteiger partial charge on any atom is -0.340 e. The minimum absolute atomic E-state index is 0.0556.